The summed E-state index contributed by atoms with van der Waals surface area (Å²) in [5, 5.41) is 2.81. The first kappa shape index (κ1) is 27.7. The van der Waals surface area contributed by atoms with Crippen LogP contribution in [0.15, 0.2) is 46.9 Å². The van der Waals surface area contributed by atoms with Gasteiger partial charge in [-0.15, -0.1) is 0 Å². The van der Waals surface area contributed by atoms with E-state index in [9.17, 15) is 26.8 Å². The summed E-state index contributed by atoms with van der Waals surface area (Å²) in [7, 11) is -4.04. The number of rotatable bonds is 8. The number of amides is 2. The molecule has 0 saturated heterocycles. The summed E-state index contributed by atoms with van der Waals surface area (Å²) in [6, 6.07) is 8.71. The van der Waals surface area contributed by atoms with Crippen molar-refractivity contribution in [2.75, 3.05) is 17.1 Å². The van der Waals surface area contributed by atoms with Crippen molar-refractivity contribution < 1.29 is 26.8 Å². The molecule has 0 unspecified atom stereocenters. The predicted octanol–water partition coefficient (Wildman–Crippen LogP) is 3.83. The van der Waals surface area contributed by atoms with Gasteiger partial charge < -0.3 is 10.2 Å². The zero-order valence-corrected chi connectivity index (χ0v) is 22.0. The number of carbonyl (C=O) groups excluding carboxylic acids is 2. The average Bonchev–Trinajstić information content (AvgIpc) is 2.71. The third-order valence-corrected chi connectivity index (χ3v) is 6.47. The highest BCUT2D eigenvalue weighted by Gasteiger charge is 2.31. The Kier molecular flexibility index (Phi) is 8.81. The Morgan fingerprint density at radius 2 is 1.65 bits per heavy atom. The lowest BCUT2D eigenvalue weighted by molar-refractivity contribution is -0.140. The second kappa shape index (κ2) is 10.8. The van der Waals surface area contributed by atoms with E-state index in [0.29, 0.717) is 15.9 Å². The molecule has 2 aromatic carbocycles. The molecule has 0 fully saturated rings. The first-order chi connectivity index (χ1) is 15.6. The van der Waals surface area contributed by atoms with Crippen LogP contribution < -0.4 is 9.62 Å². The quantitative estimate of drug-likeness (QED) is 0.532. The second-order valence-corrected chi connectivity index (χ2v) is 11.8. The van der Waals surface area contributed by atoms with Crippen LogP contribution in [0.5, 0.6) is 0 Å². The van der Waals surface area contributed by atoms with E-state index in [1.807, 2.05) is 0 Å². The molecule has 0 spiro atoms. The van der Waals surface area contributed by atoms with Crippen molar-refractivity contribution in [1.29, 1.82) is 0 Å². The molecule has 2 aromatic rings. The Bertz CT molecular complexity index is 1150. The molecule has 0 radical (unpaired) electrons. The summed E-state index contributed by atoms with van der Waals surface area (Å²) in [6.45, 7) is 6.26. The van der Waals surface area contributed by atoms with Gasteiger partial charge in [0.2, 0.25) is 21.8 Å². The standard InChI is InChI=1S/C23H28BrF2N3O4S/c1-15(22(31)27-23(2,3)4)28(13-16-6-8-17(24)9-7-16)21(30)14-29(34(5,32)33)18-10-11-19(25)20(26)12-18/h6-12,15H,13-14H2,1-5H3,(H,27,31)/t15-/m1/s1. The van der Waals surface area contributed by atoms with Crippen molar-refractivity contribution in [1.82, 2.24) is 10.2 Å². The molecule has 7 nitrogen and oxygen atoms in total. The van der Waals surface area contributed by atoms with Gasteiger partial charge in [0, 0.05) is 22.6 Å². The van der Waals surface area contributed by atoms with E-state index in [2.05, 4.69) is 21.2 Å². The zero-order chi connectivity index (χ0) is 25.8. The number of anilines is 1. The van der Waals surface area contributed by atoms with Gasteiger partial charge in [-0.1, -0.05) is 28.1 Å². The summed E-state index contributed by atoms with van der Waals surface area (Å²) >= 11 is 3.34. The maximum Gasteiger partial charge on any atom is 0.244 e. The van der Waals surface area contributed by atoms with Gasteiger partial charge in [-0.3, -0.25) is 13.9 Å². The first-order valence-electron chi connectivity index (χ1n) is 10.4. The molecule has 2 rings (SSSR count). The fourth-order valence-corrected chi connectivity index (χ4v) is 4.20. The third kappa shape index (κ3) is 7.76. The van der Waals surface area contributed by atoms with Gasteiger partial charge in [0.25, 0.3) is 0 Å². The van der Waals surface area contributed by atoms with Crippen LogP contribution in [0.1, 0.15) is 33.3 Å². The van der Waals surface area contributed by atoms with E-state index in [1.54, 1.807) is 52.0 Å². The number of nitrogens with zero attached hydrogens (tertiary/aromatic N) is 2. The third-order valence-electron chi connectivity index (χ3n) is 4.80. The minimum absolute atomic E-state index is 0.0280. The number of nitrogens with one attached hydrogen (secondary N) is 1. The maximum absolute atomic E-state index is 13.8. The van der Waals surface area contributed by atoms with Crippen molar-refractivity contribution >= 4 is 43.5 Å². The Labute approximate surface area is 207 Å². The van der Waals surface area contributed by atoms with Crippen molar-refractivity contribution in [3.8, 4) is 0 Å². The molecule has 0 aliphatic rings. The van der Waals surface area contributed by atoms with Crippen LogP contribution in [0, 0.1) is 11.6 Å². The predicted molar refractivity (Wildman–Crippen MR) is 131 cm³/mol. The van der Waals surface area contributed by atoms with E-state index < -0.39 is 51.6 Å². The van der Waals surface area contributed by atoms with Gasteiger partial charge in [-0.25, -0.2) is 17.2 Å². The van der Waals surface area contributed by atoms with Gasteiger partial charge in [0.05, 0.1) is 11.9 Å². The maximum atomic E-state index is 13.8. The molecule has 1 N–H and O–H groups in total. The topological polar surface area (TPSA) is 86.8 Å². The Morgan fingerprint density at radius 1 is 1.06 bits per heavy atom. The highest BCUT2D eigenvalue weighted by atomic mass is 79.9. The smallest absolute Gasteiger partial charge is 0.244 e. The Hall–Kier alpha value is -2.53. The minimum atomic E-state index is -4.04. The highest BCUT2D eigenvalue weighted by molar-refractivity contribution is 9.10. The minimum Gasteiger partial charge on any atom is -0.350 e. The number of hydrogen-bond acceptors (Lipinski definition) is 4. The van der Waals surface area contributed by atoms with E-state index >= 15 is 0 Å². The Morgan fingerprint density at radius 3 is 2.15 bits per heavy atom. The fourth-order valence-electron chi connectivity index (χ4n) is 3.10. The molecule has 2 amide bonds. The number of hydrogen-bond donors (Lipinski definition) is 1. The highest BCUT2D eigenvalue weighted by Crippen LogP contribution is 2.22. The summed E-state index contributed by atoms with van der Waals surface area (Å²) in [6.07, 6.45) is 0.857. The van der Waals surface area contributed by atoms with Gasteiger partial charge >= 0.3 is 0 Å². The SMILES string of the molecule is C[C@H](C(=O)NC(C)(C)C)N(Cc1ccc(Br)cc1)C(=O)CN(c1ccc(F)c(F)c1)S(C)(=O)=O. The average molecular weight is 560 g/mol. The number of benzene rings is 2. The van der Waals surface area contributed by atoms with E-state index in [4.69, 9.17) is 0 Å². The molecule has 0 aliphatic heterocycles. The van der Waals surface area contributed by atoms with Crippen molar-refractivity contribution in [2.45, 2.75) is 45.8 Å². The van der Waals surface area contributed by atoms with E-state index in [0.717, 1.165) is 22.9 Å². The number of carbonyl (C=O) groups is 2. The Balaban J connectivity index is 2.41. The van der Waals surface area contributed by atoms with Crippen LogP contribution in [0.2, 0.25) is 0 Å². The molecular weight excluding hydrogens is 532 g/mol. The molecule has 0 aromatic heterocycles. The van der Waals surface area contributed by atoms with Crippen molar-refractivity contribution in [3.05, 3.63) is 64.1 Å². The molecule has 11 heteroatoms. The van der Waals surface area contributed by atoms with E-state index in [1.165, 1.54) is 4.90 Å². The molecule has 1 atom stereocenters. The van der Waals surface area contributed by atoms with Crippen molar-refractivity contribution in [2.24, 2.45) is 0 Å². The summed E-state index contributed by atoms with van der Waals surface area (Å²) in [5.74, 6) is -3.50. The lowest BCUT2D eigenvalue weighted by Gasteiger charge is -2.33. The van der Waals surface area contributed by atoms with Crippen LogP contribution in [0.4, 0.5) is 14.5 Å². The van der Waals surface area contributed by atoms with Crippen LogP contribution in [0.25, 0.3) is 0 Å². The lowest BCUT2D eigenvalue weighted by atomic mass is 10.1. The largest absolute Gasteiger partial charge is 0.350 e. The monoisotopic (exact) mass is 559 g/mol. The number of sulfonamides is 1. The normalized spacial score (nSPS) is 12.7. The molecule has 0 saturated carbocycles. The van der Waals surface area contributed by atoms with Crippen LogP contribution in [-0.2, 0) is 26.2 Å². The van der Waals surface area contributed by atoms with Gasteiger partial charge in [0.15, 0.2) is 11.6 Å². The van der Waals surface area contributed by atoms with Gasteiger partial charge in [-0.2, -0.15) is 0 Å². The molecule has 0 heterocycles. The molecule has 0 aliphatic carbocycles. The molecule has 34 heavy (non-hydrogen) atoms. The van der Waals surface area contributed by atoms with Gasteiger partial charge in [-0.05, 0) is 57.5 Å². The van der Waals surface area contributed by atoms with Crippen LogP contribution in [0.3, 0.4) is 0 Å². The second-order valence-electron chi connectivity index (χ2n) is 8.93. The van der Waals surface area contributed by atoms with Gasteiger partial charge in [0.1, 0.15) is 12.6 Å². The number of halogens is 3. The van der Waals surface area contributed by atoms with Crippen molar-refractivity contribution in [3.63, 3.8) is 0 Å². The summed E-state index contributed by atoms with van der Waals surface area (Å²) in [5.41, 5.74) is -0.0434. The summed E-state index contributed by atoms with van der Waals surface area (Å²) in [4.78, 5) is 27.5. The van der Waals surface area contributed by atoms with Crippen LogP contribution in [-0.4, -0.2) is 49.5 Å². The summed E-state index contributed by atoms with van der Waals surface area (Å²) < 4.78 is 53.5. The molecular formula is C23H28BrF2N3O4S. The fraction of sp³-hybridized carbons (Fsp3) is 0.391. The first-order valence-corrected chi connectivity index (χ1v) is 13.0. The zero-order valence-electron chi connectivity index (χ0n) is 19.6. The van der Waals surface area contributed by atoms with E-state index in [-0.39, 0.29) is 12.2 Å². The van der Waals surface area contributed by atoms with Crippen LogP contribution >= 0.6 is 15.9 Å². The lowest BCUT2D eigenvalue weighted by Crippen LogP contribution is -2.54. The molecule has 0 bridgehead atoms. The molecule has 186 valence electrons.